The summed E-state index contributed by atoms with van der Waals surface area (Å²) < 4.78 is 31.9. The molecule has 0 fully saturated rings. The molecule has 1 amide bonds. The molecule has 0 saturated carbocycles. The fourth-order valence-corrected chi connectivity index (χ4v) is 4.04. The van der Waals surface area contributed by atoms with Crippen molar-refractivity contribution in [1.29, 1.82) is 0 Å². The summed E-state index contributed by atoms with van der Waals surface area (Å²) >= 11 is 0. The maximum atomic E-state index is 12.5. The summed E-state index contributed by atoms with van der Waals surface area (Å²) in [6, 6.07) is 11.0. The van der Waals surface area contributed by atoms with Gasteiger partial charge in [-0.1, -0.05) is 29.8 Å². The molecule has 0 spiro atoms. The van der Waals surface area contributed by atoms with Gasteiger partial charge in [-0.05, 0) is 44.0 Å². The van der Waals surface area contributed by atoms with Crippen molar-refractivity contribution >= 4 is 21.6 Å². The second-order valence-corrected chi connectivity index (χ2v) is 9.88. The fourth-order valence-electron chi connectivity index (χ4n) is 3.03. The van der Waals surface area contributed by atoms with Crippen molar-refractivity contribution in [3.63, 3.8) is 0 Å². The molecule has 8 heteroatoms. The van der Waals surface area contributed by atoms with Gasteiger partial charge in [0.2, 0.25) is 15.9 Å². The van der Waals surface area contributed by atoms with Crippen LogP contribution in [0.15, 0.2) is 51.9 Å². The van der Waals surface area contributed by atoms with Crippen LogP contribution in [0.3, 0.4) is 0 Å². The number of rotatable bonds is 7. The monoisotopic (exact) mass is 441 g/mol. The van der Waals surface area contributed by atoms with Gasteiger partial charge >= 0.3 is 0 Å². The molecule has 0 aliphatic carbocycles. The predicted molar refractivity (Wildman–Crippen MR) is 120 cm³/mol. The van der Waals surface area contributed by atoms with Gasteiger partial charge in [0.05, 0.1) is 11.1 Å². The van der Waals surface area contributed by atoms with E-state index >= 15 is 0 Å². The summed E-state index contributed by atoms with van der Waals surface area (Å²) in [6.45, 7) is 5.68. The fraction of sp³-hybridized carbons (Fsp3) is 0.304. The smallest absolute Gasteiger partial charge is 0.242 e. The average Bonchev–Trinajstić information content (AvgIpc) is 3.19. The largest absolute Gasteiger partial charge is 0.441 e. The molecule has 2 aromatic carbocycles. The zero-order chi connectivity index (χ0) is 22.8. The minimum atomic E-state index is -3.60. The van der Waals surface area contributed by atoms with Gasteiger partial charge in [-0.25, -0.2) is 17.7 Å². The van der Waals surface area contributed by atoms with Crippen LogP contribution in [0.2, 0.25) is 0 Å². The first-order valence-corrected chi connectivity index (χ1v) is 11.4. The third kappa shape index (κ3) is 5.21. The highest BCUT2D eigenvalue weighted by Gasteiger charge is 2.20. The van der Waals surface area contributed by atoms with E-state index in [4.69, 9.17) is 4.42 Å². The molecule has 0 aliphatic heterocycles. The number of benzene rings is 2. The molecule has 0 atom stereocenters. The summed E-state index contributed by atoms with van der Waals surface area (Å²) in [5, 5.41) is 2.83. The van der Waals surface area contributed by atoms with E-state index in [9.17, 15) is 13.2 Å². The number of carbonyl (C=O) groups is 1. The third-order valence-corrected chi connectivity index (χ3v) is 6.94. The molecule has 0 saturated heterocycles. The van der Waals surface area contributed by atoms with Gasteiger partial charge in [0.1, 0.15) is 0 Å². The van der Waals surface area contributed by atoms with Crippen LogP contribution in [0.4, 0.5) is 5.69 Å². The Morgan fingerprint density at radius 2 is 1.77 bits per heavy atom. The van der Waals surface area contributed by atoms with Crippen molar-refractivity contribution in [2.24, 2.45) is 0 Å². The van der Waals surface area contributed by atoms with Crippen molar-refractivity contribution in [2.75, 3.05) is 19.4 Å². The van der Waals surface area contributed by atoms with Crippen molar-refractivity contribution in [3.8, 4) is 11.3 Å². The van der Waals surface area contributed by atoms with Crippen molar-refractivity contribution in [3.05, 3.63) is 65.2 Å². The van der Waals surface area contributed by atoms with Gasteiger partial charge in [-0.2, -0.15) is 0 Å². The number of anilines is 1. The first-order chi connectivity index (χ1) is 14.6. The Kier molecular flexibility index (Phi) is 6.62. The summed E-state index contributed by atoms with van der Waals surface area (Å²) in [7, 11) is -0.647. The number of nitrogens with zero attached hydrogens (tertiary/aromatic N) is 2. The van der Waals surface area contributed by atoms with E-state index in [1.54, 1.807) is 12.3 Å². The van der Waals surface area contributed by atoms with Crippen molar-refractivity contribution in [1.82, 2.24) is 9.29 Å². The van der Waals surface area contributed by atoms with Crippen molar-refractivity contribution in [2.45, 2.75) is 38.5 Å². The van der Waals surface area contributed by atoms with Gasteiger partial charge in [0.15, 0.2) is 11.7 Å². The topological polar surface area (TPSA) is 92.5 Å². The zero-order valence-electron chi connectivity index (χ0n) is 18.4. The Hall–Kier alpha value is -2.97. The Labute approximate surface area is 183 Å². The van der Waals surface area contributed by atoms with E-state index < -0.39 is 10.0 Å². The number of oxazole rings is 1. The normalized spacial score (nSPS) is 11.7. The lowest BCUT2D eigenvalue weighted by atomic mass is 10.1. The molecule has 7 nitrogen and oxygen atoms in total. The minimum absolute atomic E-state index is 0.145. The highest BCUT2D eigenvalue weighted by Crippen LogP contribution is 2.26. The lowest BCUT2D eigenvalue weighted by molar-refractivity contribution is -0.116. The first-order valence-electron chi connectivity index (χ1n) is 9.93. The van der Waals surface area contributed by atoms with E-state index in [1.165, 1.54) is 20.2 Å². The maximum absolute atomic E-state index is 12.5. The molecular weight excluding hydrogens is 414 g/mol. The van der Waals surface area contributed by atoms with Crippen LogP contribution in [0.25, 0.3) is 11.3 Å². The quantitative estimate of drug-likeness (QED) is 0.596. The first kappa shape index (κ1) is 22.7. The summed E-state index contributed by atoms with van der Waals surface area (Å²) in [5.74, 6) is 0.892. The van der Waals surface area contributed by atoms with Crippen LogP contribution in [0, 0.1) is 20.8 Å². The molecule has 0 aliphatic rings. The molecule has 31 heavy (non-hydrogen) atoms. The molecule has 3 aromatic rings. The van der Waals surface area contributed by atoms with E-state index in [0.717, 1.165) is 26.6 Å². The van der Waals surface area contributed by atoms with Gasteiger partial charge in [-0.15, -0.1) is 0 Å². The Balaban J connectivity index is 1.69. The van der Waals surface area contributed by atoms with Gasteiger partial charge in [-0.3, -0.25) is 4.79 Å². The standard InChI is InChI=1S/C23H27N3O4S/c1-15-6-8-18(9-7-15)21-14-24-23(30-21)11-10-22(27)25-20-13-19(12-16(2)17(20)3)31(28,29)26(4)5/h6-9,12-14H,10-11H2,1-5H3,(H,25,27). The molecule has 3 rings (SSSR count). The number of amides is 1. The second kappa shape index (κ2) is 9.03. The highest BCUT2D eigenvalue weighted by molar-refractivity contribution is 7.89. The maximum Gasteiger partial charge on any atom is 0.242 e. The third-order valence-electron chi connectivity index (χ3n) is 5.15. The molecule has 1 heterocycles. The molecule has 0 unspecified atom stereocenters. The SMILES string of the molecule is Cc1ccc(-c2cnc(CCC(=O)Nc3cc(S(=O)(=O)N(C)C)cc(C)c3C)o2)cc1. The molecule has 1 aromatic heterocycles. The number of aromatic nitrogens is 1. The predicted octanol–water partition coefficient (Wildman–Crippen LogP) is 4.09. The summed E-state index contributed by atoms with van der Waals surface area (Å²) in [4.78, 5) is 16.9. The summed E-state index contributed by atoms with van der Waals surface area (Å²) in [5.41, 5.74) is 4.18. The second-order valence-electron chi connectivity index (χ2n) is 7.73. The van der Waals surface area contributed by atoms with Crippen molar-refractivity contribution < 1.29 is 17.6 Å². The van der Waals surface area contributed by atoms with Gasteiger partial charge in [0.25, 0.3) is 0 Å². The Morgan fingerprint density at radius 1 is 1.10 bits per heavy atom. The number of hydrogen-bond acceptors (Lipinski definition) is 5. The lowest BCUT2D eigenvalue weighted by Crippen LogP contribution is -2.23. The van der Waals surface area contributed by atoms with E-state index in [-0.39, 0.29) is 17.2 Å². The van der Waals surface area contributed by atoms with E-state index in [1.807, 2.05) is 45.0 Å². The van der Waals surface area contributed by atoms with Crippen LogP contribution in [-0.2, 0) is 21.2 Å². The van der Waals surface area contributed by atoms with Gasteiger partial charge in [0, 0.05) is 38.2 Å². The average molecular weight is 442 g/mol. The molecule has 0 radical (unpaired) electrons. The number of nitrogens with one attached hydrogen (secondary N) is 1. The minimum Gasteiger partial charge on any atom is -0.441 e. The number of sulfonamides is 1. The Morgan fingerprint density at radius 3 is 2.42 bits per heavy atom. The number of carbonyl (C=O) groups excluding carboxylic acids is 1. The molecule has 164 valence electrons. The van der Waals surface area contributed by atoms with Crippen LogP contribution < -0.4 is 5.32 Å². The highest BCUT2D eigenvalue weighted by atomic mass is 32.2. The van der Waals surface area contributed by atoms with Crippen LogP contribution in [0.5, 0.6) is 0 Å². The van der Waals surface area contributed by atoms with Crippen LogP contribution in [-0.4, -0.2) is 37.7 Å². The van der Waals surface area contributed by atoms with Gasteiger partial charge < -0.3 is 9.73 Å². The Bertz CT molecular complexity index is 1200. The molecular formula is C23H27N3O4S. The lowest BCUT2D eigenvalue weighted by Gasteiger charge is -2.16. The zero-order valence-corrected chi connectivity index (χ0v) is 19.2. The molecule has 0 bridgehead atoms. The summed E-state index contributed by atoms with van der Waals surface area (Å²) in [6.07, 6.45) is 2.16. The van der Waals surface area contributed by atoms with E-state index in [2.05, 4.69) is 10.3 Å². The number of aryl methyl sites for hydroxylation is 3. The number of hydrogen-bond donors (Lipinski definition) is 1. The van der Waals surface area contributed by atoms with Crippen LogP contribution in [0.1, 0.15) is 29.0 Å². The molecule has 1 N–H and O–H groups in total. The van der Waals surface area contributed by atoms with Crippen LogP contribution >= 0.6 is 0 Å². The van der Waals surface area contributed by atoms with E-state index in [0.29, 0.717) is 23.8 Å².